The van der Waals surface area contributed by atoms with Crippen LogP contribution in [-0.4, -0.2) is 37.0 Å². The number of carbonyl (C=O) groups is 1. The molecule has 126 valence electrons. The van der Waals surface area contributed by atoms with E-state index in [1.807, 2.05) is 12.1 Å². The van der Waals surface area contributed by atoms with Gasteiger partial charge in [0.05, 0.1) is 19.0 Å². The smallest absolute Gasteiger partial charge is 0.231 e. The van der Waals surface area contributed by atoms with Gasteiger partial charge in [-0.15, -0.1) is 0 Å². The van der Waals surface area contributed by atoms with E-state index in [0.717, 1.165) is 57.4 Å². The first-order chi connectivity index (χ1) is 11.2. The topological polar surface area (TPSA) is 24.8 Å². The van der Waals surface area contributed by atoms with E-state index in [1.165, 1.54) is 23.8 Å². The lowest BCUT2D eigenvalue weighted by molar-refractivity contribution is -0.921. The molecule has 1 amide bonds. The molecule has 2 saturated heterocycles. The summed E-state index contributed by atoms with van der Waals surface area (Å²) >= 11 is 0. The highest BCUT2D eigenvalue weighted by Crippen LogP contribution is 2.16. The van der Waals surface area contributed by atoms with Crippen molar-refractivity contribution >= 4 is 5.91 Å². The normalized spacial score (nSPS) is 25.9. The van der Waals surface area contributed by atoms with Gasteiger partial charge in [0.15, 0.2) is 0 Å². The van der Waals surface area contributed by atoms with Crippen LogP contribution in [0.1, 0.15) is 44.1 Å². The zero-order chi connectivity index (χ0) is 16.1. The van der Waals surface area contributed by atoms with Gasteiger partial charge in [0.2, 0.25) is 5.91 Å². The van der Waals surface area contributed by atoms with E-state index in [2.05, 4.69) is 4.90 Å². The quantitative estimate of drug-likeness (QED) is 0.906. The zero-order valence-electron chi connectivity index (χ0n) is 13.9. The molecule has 0 radical (unpaired) electrons. The number of amides is 1. The summed E-state index contributed by atoms with van der Waals surface area (Å²) in [6, 6.07) is 7.01. The first kappa shape index (κ1) is 16.4. The molecule has 2 atom stereocenters. The van der Waals surface area contributed by atoms with Gasteiger partial charge in [0.25, 0.3) is 0 Å². The van der Waals surface area contributed by atoms with E-state index >= 15 is 0 Å². The molecule has 0 saturated carbocycles. The van der Waals surface area contributed by atoms with Crippen LogP contribution in [0.3, 0.4) is 0 Å². The Morgan fingerprint density at radius 2 is 1.87 bits per heavy atom. The van der Waals surface area contributed by atoms with Crippen LogP contribution < -0.4 is 4.90 Å². The van der Waals surface area contributed by atoms with E-state index < -0.39 is 0 Å². The van der Waals surface area contributed by atoms with Crippen LogP contribution in [0, 0.1) is 11.7 Å². The van der Waals surface area contributed by atoms with Crippen LogP contribution >= 0.6 is 0 Å². The maximum Gasteiger partial charge on any atom is 0.231 e. The predicted octanol–water partition coefficient (Wildman–Crippen LogP) is 2.02. The molecule has 2 aliphatic heterocycles. The molecular formula is C19H28FN2O+. The molecule has 3 rings (SSSR count). The molecule has 2 aliphatic rings. The Labute approximate surface area is 138 Å². The van der Waals surface area contributed by atoms with Gasteiger partial charge in [-0.3, -0.25) is 4.79 Å². The molecule has 1 aromatic rings. The Bertz CT molecular complexity index is 526. The number of benzene rings is 1. The molecule has 1 N–H and O–H groups in total. The summed E-state index contributed by atoms with van der Waals surface area (Å²) in [5.41, 5.74) is 0.769. The van der Waals surface area contributed by atoms with E-state index in [9.17, 15) is 9.18 Å². The molecule has 23 heavy (non-hydrogen) atoms. The van der Waals surface area contributed by atoms with Gasteiger partial charge >= 0.3 is 0 Å². The summed E-state index contributed by atoms with van der Waals surface area (Å²) in [5, 5.41) is 0. The number of hydrogen-bond acceptors (Lipinski definition) is 1. The fourth-order valence-electron chi connectivity index (χ4n) is 3.98. The Balaban J connectivity index is 1.59. The fourth-order valence-corrected chi connectivity index (χ4v) is 3.98. The minimum Gasteiger partial charge on any atom is -0.342 e. The van der Waals surface area contributed by atoms with Gasteiger partial charge in [-0.05, 0) is 31.7 Å². The summed E-state index contributed by atoms with van der Waals surface area (Å²) in [6.07, 6.45) is 6.84. The minimum absolute atomic E-state index is 0.124. The summed E-state index contributed by atoms with van der Waals surface area (Å²) < 4.78 is 13.8. The summed E-state index contributed by atoms with van der Waals surface area (Å²) in [5.74, 6) is 0.349. The number of quaternary nitrogens is 1. The molecule has 0 bridgehead atoms. The number of nitrogens with zero attached hydrogens (tertiary/aromatic N) is 1. The first-order valence-corrected chi connectivity index (χ1v) is 9.10. The van der Waals surface area contributed by atoms with Crippen LogP contribution in [0.25, 0.3) is 0 Å². The highest BCUT2D eigenvalue weighted by Gasteiger charge is 2.32. The first-order valence-electron chi connectivity index (χ1n) is 9.10. The molecule has 2 unspecified atom stereocenters. The van der Waals surface area contributed by atoms with Crippen molar-refractivity contribution in [1.29, 1.82) is 0 Å². The Morgan fingerprint density at radius 1 is 1.13 bits per heavy atom. The second-order valence-electron chi connectivity index (χ2n) is 7.05. The molecule has 3 nitrogen and oxygen atoms in total. The van der Waals surface area contributed by atoms with Gasteiger partial charge in [0.1, 0.15) is 12.4 Å². The van der Waals surface area contributed by atoms with E-state index in [-0.39, 0.29) is 11.7 Å². The fraction of sp³-hybridized carbons (Fsp3) is 0.632. The summed E-state index contributed by atoms with van der Waals surface area (Å²) in [7, 11) is 0. The standard InChI is InChI=1S/C19H27FN2O/c20-18-10-4-3-8-16(18)14-21-11-7-9-17(15-21)19(23)22-12-5-1-2-6-13-22/h3-4,8,10,17H,1-2,5-7,9,11-15H2/p+1. The Morgan fingerprint density at radius 3 is 2.61 bits per heavy atom. The minimum atomic E-state index is -0.124. The maximum absolute atomic E-state index is 13.8. The largest absolute Gasteiger partial charge is 0.342 e. The van der Waals surface area contributed by atoms with Crippen molar-refractivity contribution in [3.8, 4) is 0 Å². The number of carbonyl (C=O) groups excluding carboxylic acids is 1. The van der Waals surface area contributed by atoms with Gasteiger partial charge in [-0.1, -0.05) is 31.0 Å². The van der Waals surface area contributed by atoms with Gasteiger partial charge in [0, 0.05) is 18.7 Å². The third-order valence-corrected chi connectivity index (χ3v) is 5.28. The SMILES string of the molecule is O=C(C1CCC[NH+](Cc2ccccc2F)C1)N1CCCCCC1. The summed E-state index contributed by atoms with van der Waals surface area (Å²) in [6.45, 7) is 4.44. The molecular weight excluding hydrogens is 291 g/mol. The molecule has 0 aromatic heterocycles. The van der Waals surface area contributed by atoms with E-state index in [1.54, 1.807) is 6.07 Å². The van der Waals surface area contributed by atoms with Crippen LogP contribution in [-0.2, 0) is 11.3 Å². The molecule has 0 aliphatic carbocycles. The van der Waals surface area contributed by atoms with Crippen LogP contribution in [0.2, 0.25) is 0 Å². The van der Waals surface area contributed by atoms with E-state index in [0.29, 0.717) is 12.5 Å². The molecule has 1 aromatic carbocycles. The lowest BCUT2D eigenvalue weighted by Gasteiger charge is -2.32. The van der Waals surface area contributed by atoms with E-state index in [4.69, 9.17) is 0 Å². The second-order valence-corrected chi connectivity index (χ2v) is 7.05. The number of likely N-dealkylation sites (tertiary alicyclic amines) is 2. The third-order valence-electron chi connectivity index (χ3n) is 5.28. The summed E-state index contributed by atoms with van der Waals surface area (Å²) in [4.78, 5) is 16.2. The van der Waals surface area contributed by atoms with Crippen molar-refractivity contribution in [3.05, 3.63) is 35.6 Å². The Kier molecular flexibility index (Phi) is 5.65. The molecule has 2 fully saturated rings. The Hall–Kier alpha value is -1.42. The number of rotatable bonds is 3. The highest BCUT2D eigenvalue weighted by atomic mass is 19.1. The third kappa shape index (κ3) is 4.31. The second kappa shape index (κ2) is 7.91. The average molecular weight is 319 g/mol. The van der Waals surface area contributed by atoms with Crippen LogP contribution in [0.4, 0.5) is 4.39 Å². The van der Waals surface area contributed by atoms with Crippen LogP contribution in [0.15, 0.2) is 24.3 Å². The molecule has 4 heteroatoms. The number of halogens is 1. The maximum atomic E-state index is 13.8. The average Bonchev–Trinajstić information content (AvgIpc) is 2.86. The van der Waals surface area contributed by atoms with Gasteiger partial charge in [-0.25, -0.2) is 4.39 Å². The van der Waals surface area contributed by atoms with Crippen molar-refractivity contribution in [3.63, 3.8) is 0 Å². The van der Waals surface area contributed by atoms with Gasteiger partial charge < -0.3 is 9.80 Å². The highest BCUT2D eigenvalue weighted by molar-refractivity contribution is 5.79. The predicted molar refractivity (Wildman–Crippen MR) is 88.6 cm³/mol. The lowest BCUT2D eigenvalue weighted by Crippen LogP contribution is -3.12. The van der Waals surface area contributed by atoms with Crippen molar-refractivity contribution in [1.82, 2.24) is 4.90 Å². The molecule has 0 spiro atoms. The van der Waals surface area contributed by atoms with Crippen molar-refractivity contribution in [2.24, 2.45) is 5.92 Å². The number of hydrogen-bond donors (Lipinski definition) is 1. The number of piperidine rings is 1. The monoisotopic (exact) mass is 319 g/mol. The lowest BCUT2D eigenvalue weighted by atomic mass is 9.96. The molecule has 2 heterocycles. The van der Waals surface area contributed by atoms with Gasteiger partial charge in [-0.2, -0.15) is 0 Å². The van der Waals surface area contributed by atoms with Crippen molar-refractivity contribution in [2.75, 3.05) is 26.2 Å². The van der Waals surface area contributed by atoms with Crippen molar-refractivity contribution in [2.45, 2.75) is 45.1 Å². The zero-order valence-corrected chi connectivity index (χ0v) is 13.9. The number of nitrogens with one attached hydrogen (secondary N) is 1. The van der Waals surface area contributed by atoms with Crippen LogP contribution in [0.5, 0.6) is 0 Å². The van der Waals surface area contributed by atoms with Crippen molar-refractivity contribution < 1.29 is 14.1 Å².